The molecule has 0 aliphatic carbocycles. The van der Waals surface area contributed by atoms with Crippen LogP contribution in [0.2, 0.25) is 18.1 Å². The highest BCUT2D eigenvalue weighted by Crippen LogP contribution is 2.47. The van der Waals surface area contributed by atoms with Crippen molar-refractivity contribution in [3.05, 3.63) is 10.4 Å². The molecule has 0 amide bonds. The SMILES string of the molecule is CCC1O[C@@H](O[Si](C)(C)C(C)(C)C(C)C)C(N=[N+]=[N-])[C@@H](C)[C@@H]1O[C@@H]1OC(C)[C@@H](O)[C@H](C)C1C. The van der Waals surface area contributed by atoms with Gasteiger partial charge in [-0.05, 0) is 54.8 Å². The van der Waals surface area contributed by atoms with Gasteiger partial charge in [0.1, 0.15) is 0 Å². The molecule has 1 N–H and O–H groups in total. The van der Waals surface area contributed by atoms with E-state index in [0.29, 0.717) is 5.92 Å². The fourth-order valence-electron chi connectivity index (χ4n) is 4.82. The van der Waals surface area contributed by atoms with E-state index in [-0.39, 0.29) is 41.1 Å². The van der Waals surface area contributed by atoms with Crippen molar-refractivity contribution in [1.29, 1.82) is 0 Å². The van der Waals surface area contributed by atoms with E-state index in [2.05, 4.69) is 57.7 Å². The highest BCUT2D eigenvalue weighted by atomic mass is 28.4. The zero-order valence-electron chi connectivity index (χ0n) is 22.5. The van der Waals surface area contributed by atoms with E-state index >= 15 is 0 Å². The maximum absolute atomic E-state index is 10.4. The minimum atomic E-state index is -2.23. The molecule has 0 aromatic carbocycles. The Morgan fingerprint density at radius 2 is 1.67 bits per heavy atom. The lowest BCUT2D eigenvalue weighted by Crippen LogP contribution is -2.60. The second kappa shape index (κ2) is 10.9. The van der Waals surface area contributed by atoms with Crippen LogP contribution in [0.5, 0.6) is 0 Å². The van der Waals surface area contributed by atoms with E-state index < -0.39 is 33.0 Å². The Labute approximate surface area is 201 Å². The first-order valence-electron chi connectivity index (χ1n) is 12.6. The summed E-state index contributed by atoms with van der Waals surface area (Å²) in [6, 6.07) is -0.503. The van der Waals surface area contributed by atoms with Gasteiger partial charge in [-0.2, -0.15) is 0 Å². The Morgan fingerprint density at radius 1 is 1.06 bits per heavy atom. The zero-order valence-corrected chi connectivity index (χ0v) is 23.5. The molecule has 0 aromatic heterocycles. The number of azide groups is 1. The molecular weight excluding hydrogens is 438 g/mol. The van der Waals surface area contributed by atoms with Crippen molar-refractivity contribution in [1.82, 2.24) is 0 Å². The van der Waals surface area contributed by atoms with Crippen LogP contribution in [0.15, 0.2) is 5.11 Å². The maximum Gasteiger partial charge on any atom is 0.196 e. The van der Waals surface area contributed by atoms with E-state index in [1.54, 1.807) is 0 Å². The van der Waals surface area contributed by atoms with Gasteiger partial charge in [-0.25, -0.2) is 0 Å². The fraction of sp³-hybridized carbons (Fsp3) is 1.00. The minimum absolute atomic E-state index is 0.00798. The second-order valence-corrected chi connectivity index (χ2v) is 16.1. The molecule has 4 unspecified atom stereocenters. The van der Waals surface area contributed by atoms with Crippen molar-refractivity contribution >= 4 is 8.32 Å². The summed E-state index contributed by atoms with van der Waals surface area (Å²) in [5.41, 5.74) is 9.34. The number of hydrogen-bond acceptors (Lipinski definition) is 6. The molecule has 2 fully saturated rings. The Morgan fingerprint density at radius 3 is 2.18 bits per heavy atom. The smallest absolute Gasteiger partial charge is 0.196 e. The van der Waals surface area contributed by atoms with E-state index in [0.717, 1.165) is 6.42 Å². The van der Waals surface area contributed by atoms with E-state index in [9.17, 15) is 10.6 Å². The first-order valence-corrected chi connectivity index (χ1v) is 15.5. The molecule has 2 saturated heterocycles. The first kappa shape index (κ1) is 28.6. The summed E-state index contributed by atoms with van der Waals surface area (Å²) in [5.74, 6) is 0.393. The molecule has 2 heterocycles. The molecule has 0 spiro atoms. The highest BCUT2D eigenvalue weighted by Gasteiger charge is 2.51. The molecule has 0 bridgehead atoms. The van der Waals surface area contributed by atoms with Gasteiger partial charge in [-0.1, -0.05) is 60.5 Å². The number of nitrogens with zero attached hydrogens (tertiary/aromatic N) is 3. The molecule has 9 heteroatoms. The molecule has 192 valence electrons. The van der Waals surface area contributed by atoms with Crippen molar-refractivity contribution in [3.63, 3.8) is 0 Å². The van der Waals surface area contributed by atoms with Gasteiger partial charge < -0.3 is 23.7 Å². The molecule has 0 radical (unpaired) electrons. The third-order valence-corrected chi connectivity index (χ3v) is 13.4. The summed E-state index contributed by atoms with van der Waals surface area (Å²) < 4.78 is 25.7. The Hall–Kier alpha value is -0.673. The number of aliphatic hydroxyl groups is 1. The monoisotopic (exact) mass is 485 g/mol. The van der Waals surface area contributed by atoms with Crippen molar-refractivity contribution in [2.24, 2.45) is 28.8 Å². The molecule has 2 aliphatic heterocycles. The third kappa shape index (κ3) is 5.77. The molecular formula is C24H47N3O5Si. The highest BCUT2D eigenvalue weighted by molar-refractivity contribution is 6.74. The van der Waals surface area contributed by atoms with E-state index in [1.165, 1.54) is 0 Å². The fourth-order valence-corrected chi connectivity index (χ4v) is 7.29. The molecule has 10 atom stereocenters. The maximum atomic E-state index is 10.4. The standard InChI is InChI=1S/C24H47N3O5Si/c1-12-18-21(31-22-15(5)14(4)20(28)17(7)29-22)16(6)19(26-27-25)23(30-18)32-33(10,11)24(8,9)13(2)3/h13-23,28H,12H2,1-11H3/t14-,15?,16-,17?,18?,19?,20+,21+,22+,23+/m1/s1. The minimum Gasteiger partial charge on any atom is -0.392 e. The van der Waals surface area contributed by atoms with Gasteiger partial charge in [0.2, 0.25) is 0 Å². The van der Waals surface area contributed by atoms with Gasteiger partial charge in [0.15, 0.2) is 20.9 Å². The van der Waals surface area contributed by atoms with Gasteiger partial charge in [0, 0.05) is 10.8 Å². The summed E-state index contributed by atoms with van der Waals surface area (Å²) in [6.07, 6.45) is -1.68. The Kier molecular flexibility index (Phi) is 9.47. The first-order chi connectivity index (χ1) is 15.2. The van der Waals surface area contributed by atoms with Gasteiger partial charge >= 0.3 is 0 Å². The molecule has 0 aromatic rings. The molecule has 2 aliphatic rings. The van der Waals surface area contributed by atoms with Crippen molar-refractivity contribution in [3.8, 4) is 0 Å². The molecule has 8 nitrogen and oxygen atoms in total. The lowest BCUT2D eigenvalue weighted by Gasteiger charge is -2.51. The average Bonchev–Trinajstić information content (AvgIpc) is 2.74. The lowest BCUT2D eigenvalue weighted by molar-refractivity contribution is -0.312. The van der Waals surface area contributed by atoms with Crippen LogP contribution in [0.1, 0.15) is 68.7 Å². The summed E-state index contributed by atoms with van der Waals surface area (Å²) >= 11 is 0. The number of hydrogen-bond donors (Lipinski definition) is 1. The van der Waals surface area contributed by atoms with Crippen molar-refractivity contribution < 1.29 is 23.7 Å². The van der Waals surface area contributed by atoms with Crippen LogP contribution in [0.3, 0.4) is 0 Å². The zero-order chi connectivity index (χ0) is 25.3. The topological polar surface area (TPSA) is 106 Å². The van der Waals surface area contributed by atoms with E-state index in [1.807, 2.05) is 27.7 Å². The van der Waals surface area contributed by atoms with Gasteiger partial charge in [0.25, 0.3) is 0 Å². The molecule has 2 rings (SSSR count). The summed E-state index contributed by atoms with van der Waals surface area (Å²) in [4.78, 5) is 3.13. The third-order valence-electron chi connectivity index (χ3n) is 8.92. The van der Waals surface area contributed by atoms with Gasteiger partial charge in [0.05, 0.1) is 30.5 Å². The lowest BCUT2D eigenvalue weighted by atomic mass is 9.84. The van der Waals surface area contributed by atoms with Crippen LogP contribution in [0.25, 0.3) is 10.4 Å². The van der Waals surface area contributed by atoms with E-state index in [4.69, 9.17) is 18.6 Å². The predicted molar refractivity (Wildman–Crippen MR) is 132 cm³/mol. The summed E-state index contributed by atoms with van der Waals surface area (Å²) in [6.45, 7) is 23.4. The Balaban J connectivity index is 2.28. The summed E-state index contributed by atoms with van der Waals surface area (Å²) in [7, 11) is -2.23. The van der Waals surface area contributed by atoms with Gasteiger partial charge in [-0.15, -0.1) is 0 Å². The molecule has 33 heavy (non-hydrogen) atoms. The van der Waals surface area contributed by atoms with Crippen LogP contribution in [-0.4, -0.2) is 56.5 Å². The van der Waals surface area contributed by atoms with Crippen molar-refractivity contribution in [2.45, 2.75) is 130 Å². The predicted octanol–water partition coefficient (Wildman–Crippen LogP) is 5.86. The number of ether oxygens (including phenoxy) is 3. The average molecular weight is 486 g/mol. The number of aliphatic hydroxyl groups excluding tert-OH is 1. The van der Waals surface area contributed by atoms with Crippen LogP contribution >= 0.6 is 0 Å². The van der Waals surface area contributed by atoms with Gasteiger partial charge in [-0.3, -0.25) is 0 Å². The normalized spacial score (nSPS) is 40.5. The number of rotatable bonds is 8. The summed E-state index contributed by atoms with van der Waals surface area (Å²) in [5, 5.41) is 14.5. The van der Waals surface area contributed by atoms with Crippen LogP contribution in [0.4, 0.5) is 0 Å². The van der Waals surface area contributed by atoms with Crippen LogP contribution in [-0.2, 0) is 18.6 Å². The van der Waals surface area contributed by atoms with Crippen molar-refractivity contribution in [2.75, 3.05) is 0 Å². The quantitative estimate of drug-likeness (QED) is 0.201. The second-order valence-electron chi connectivity index (χ2n) is 11.5. The largest absolute Gasteiger partial charge is 0.392 e. The van der Waals surface area contributed by atoms with Crippen LogP contribution < -0.4 is 0 Å². The van der Waals surface area contributed by atoms with Crippen LogP contribution in [0, 0.1) is 23.7 Å². The Bertz CT molecular complexity index is 700. The molecule has 0 saturated carbocycles.